The number of likely N-dealkylation sites (tertiary alicyclic amines) is 1. The standard InChI is InChI=1S/C16H21N5O2/c1-11-18-6-8-20(11)10-14(22)21-7-2-3-12(9-21)15-13(16(17)23)4-5-19-15/h4-6,8,12,19H,2-3,7,9-10H2,1H3,(H2,17,23). The number of nitrogens with zero attached hydrogens (tertiary/aromatic N) is 3. The predicted molar refractivity (Wildman–Crippen MR) is 84.8 cm³/mol. The number of aromatic amines is 1. The Bertz CT molecular complexity index is 718. The zero-order valence-electron chi connectivity index (χ0n) is 13.2. The van der Waals surface area contributed by atoms with Gasteiger partial charge in [0.2, 0.25) is 5.91 Å². The summed E-state index contributed by atoms with van der Waals surface area (Å²) in [6.45, 7) is 3.53. The minimum Gasteiger partial charge on any atom is -0.366 e. The summed E-state index contributed by atoms with van der Waals surface area (Å²) in [5.41, 5.74) is 6.78. The number of piperidine rings is 1. The van der Waals surface area contributed by atoms with Crippen molar-refractivity contribution in [2.45, 2.75) is 32.2 Å². The number of hydrogen-bond acceptors (Lipinski definition) is 3. The first kappa shape index (κ1) is 15.3. The zero-order valence-corrected chi connectivity index (χ0v) is 13.2. The van der Waals surface area contributed by atoms with Crippen LogP contribution in [0.2, 0.25) is 0 Å². The van der Waals surface area contributed by atoms with Gasteiger partial charge in [0.25, 0.3) is 5.91 Å². The van der Waals surface area contributed by atoms with Gasteiger partial charge in [-0.15, -0.1) is 0 Å². The molecule has 3 heterocycles. The van der Waals surface area contributed by atoms with Gasteiger partial charge in [0.05, 0.1) is 5.56 Å². The Morgan fingerprint density at radius 1 is 1.48 bits per heavy atom. The van der Waals surface area contributed by atoms with Crippen LogP contribution < -0.4 is 5.73 Å². The zero-order chi connectivity index (χ0) is 16.4. The summed E-state index contributed by atoms with van der Waals surface area (Å²) in [4.78, 5) is 33.1. The fourth-order valence-electron chi connectivity index (χ4n) is 3.19. The molecule has 1 atom stereocenters. The van der Waals surface area contributed by atoms with Gasteiger partial charge in [-0.25, -0.2) is 4.98 Å². The van der Waals surface area contributed by atoms with E-state index >= 15 is 0 Å². The van der Waals surface area contributed by atoms with Crippen molar-refractivity contribution in [1.29, 1.82) is 0 Å². The molecule has 122 valence electrons. The van der Waals surface area contributed by atoms with Crippen LogP contribution in [-0.4, -0.2) is 44.3 Å². The third-order valence-electron chi connectivity index (χ3n) is 4.46. The molecule has 0 saturated carbocycles. The van der Waals surface area contributed by atoms with E-state index in [2.05, 4.69) is 9.97 Å². The van der Waals surface area contributed by atoms with Gasteiger partial charge in [-0.3, -0.25) is 9.59 Å². The molecule has 2 aromatic rings. The summed E-state index contributed by atoms with van der Waals surface area (Å²) in [5.74, 6) is 0.586. The Morgan fingerprint density at radius 3 is 3.00 bits per heavy atom. The van der Waals surface area contributed by atoms with Gasteiger partial charge in [-0.1, -0.05) is 0 Å². The molecule has 0 spiro atoms. The molecule has 1 unspecified atom stereocenters. The molecule has 3 N–H and O–H groups in total. The summed E-state index contributed by atoms with van der Waals surface area (Å²) in [6.07, 6.45) is 7.08. The monoisotopic (exact) mass is 315 g/mol. The van der Waals surface area contributed by atoms with Crippen LogP contribution >= 0.6 is 0 Å². The van der Waals surface area contributed by atoms with Crippen LogP contribution in [0.4, 0.5) is 0 Å². The lowest BCUT2D eigenvalue weighted by Crippen LogP contribution is -2.41. The quantitative estimate of drug-likeness (QED) is 0.881. The molecule has 0 aliphatic carbocycles. The molecular weight excluding hydrogens is 294 g/mol. The van der Waals surface area contributed by atoms with Crippen LogP contribution in [0, 0.1) is 6.92 Å². The van der Waals surface area contributed by atoms with E-state index in [0.717, 1.165) is 30.9 Å². The van der Waals surface area contributed by atoms with E-state index < -0.39 is 5.91 Å². The van der Waals surface area contributed by atoms with Crippen LogP contribution in [0.1, 0.15) is 40.6 Å². The third kappa shape index (κ3) is 3.13. The average molecular weight is 315 g/mol. The lowest BCUT2D eigenvalue weighted by Gasteiger charge is -2.33. The summed E-state index contributed by atoms with van der Waals surface area (Å²) >= 11 is 0. The minimum atomic E-state index is -0.432. The fraction of sp³-hybridized carbons (Fsp3) is 0.438. The number of carbonyl (C=O) groups excluding carboxylic acids is 2. The SMILES string of the molecule is Cc1nccn1CC(=O)N1CCCC(c2[nH]ccc2C(N)=O)C1. The summed E-state index contributed by atoms with van der Waals surface area (Å²) in [6, 6.07) is 1.70. The second-order valence-electron chi connectivity index (χ2n) is 5.95. The van der Waals surface area contributed by atoms with Gasteiger partial charge in [0.1, 0.15) is 12.4 Å². The maximum atomic E-state index is 12.5. The Balaban J connectivity index is 1.70. The minimum absolute atomic E-state index is 0.0722. The highest BCUT2D eigenvalue weighted by atomic mass is 16.2. The topological polar surface area (TPSA) is 97.0 Å². The molecule has 7 nitrogen and oxygen atoms in total. The smallest absolute Gasteiger partial charge is 0.250 e. The number of aromatic nitrogens is 3. The number of primary amides is 1. The van der Waals surface area contributed by atoms with Crippen molar-refractivity contribution in [3.05, 3.63) is 41.7 Å². The molecule has 1 aliphatic heterocycles. The number of aryl methyl sites for hydroxylation is 1. The Morgan fingerprint density at radius 2 is 2.30 bits per heavy atom. The molecular formula is C16H21N5O2. The maximum absolute atomic E-state index is 12.5. The van der Waals surface area contributed by atoms with Crippen molar-refractivity contribution in [2.75, 3.05) is 13.1 Å². The second kappa shape index (κ2) is 6.28. The van der Waals surface area contributed by atoms with E-state index in [1.165, 1.54) is 0 Å². The Kier molecular flexibility index (Phi) is 4.18. The second-order valence-corrected chi connectivity index (χ2v) is 5.95. The number of hydrogen-bond donors (Lipinski definition) is 2. The first-order valence-electron chi connectivity index (χ1n) is 7.79. The average Bonchev–Trinajstić information content (AvgIpc) is 3.17. The molecule has 1 fully saturated rings. The van der Waals surface area contributed by atoms with Gasteiger partial charge in [-0.2, -0.15) is 0 Å². The van der Waals surface area contributed by atoms with Gasteiger partial charge in [0, 0.05) is 43.3 Å². The third-order valence-corrected chi connectivity index (χ3v) is 4.46. The summed E-state index contributed by atoms with van der Waals surface area (Å²) in [5, 5.41) is 0. The molecule has 1 aliphatic rings. The van der Waals surface area contributed by atoms with Gasteiger partial charge >= 0.3 is 0 Å². The number of imidazole rings is 1. The molecule has 3 rings (SSSR count). The van der Waals surface area contributed by atoms with E-state index in [-0.39, 0.29) is 11.8 Å². The van der Waals surface area contributed by atoms with E-state index in [9.17, 15) is 9.59 Å². The van der Waals surface area contributed by atoms with Gasteiger partial charge in [0.15, 0.2) is 0 Å². The van der Waals surface area contributed by atoms with Crippen molar-refractivity contribution < 1.29 is 9.59 Å². The van der Waals surface area contributed by atoms with Crippen LogP contribution in [-0.2, 0) is 11.3 Å². The van der Waals surface area contributed by atoms with Crippen LogP contribution in [0.3, 0.4) is 0 Å². The van der Waals surface area contributed by atoms with Crippen molar-refractivity contribution in [2.24, 2.45) is 5.73 Å². The highest BCUT2D eigenvalue weighted by molar-refractivity contribution is 5.94. The highest BCUT2D eigenvalue weighted by Crippen LogP contribution is 2.28. The highest BCUT2D eigenvalue weighted by Gasteiger charge is 2.28. The molecule has 0 bridgehead atoms. The molecule has 7 heteroatoms. The number of rotatable bonds is 4. The Hall–Kier alpha value is -2.57. The van der Waals surface area contributed by atoms with Crippen LogP contribution in [0.15, 0.2) is 24.7 Å². The molecule has 0 aromatic carbocycles. The van der Waals surface area contributed by atoms with Crippen LogP contribution in [0.5, 0.6) is 0 Å². The number of amides is 2. The number of H-pyrrole nitrogens is 1. The molecule has 2 aromatic heterocycles. The van der Waals surface area contributed by atoms with E-state index in [4.69, 9.17) is 5.73 Å². The summed E-state index contributed by atoms with van der Waals surface area (Å²) < 4.78 is 1.84. The fourth-order valence-corrected chi connectivity index (χ4v) is 3.19. The van der Waals surface area contributed by atoms with Crippen LogP contribution in [0.25, 0.3) is 0 Å². The molecule has 23 heavy (non-hydrogen) atoms. The van der Waals surface area contributed by atoms with Crippen molar-refractivity contribution in [3.8, 4) is 0 Å². The molecule has 1 saturated heterocycles. The number of nitrogens with one attached hydrogen (secondary N) is 1. The predicted octanol–water partition coefficient (Wildman–Crippen LogP) is 1.02. The van der Waals surface area contributed by atoms with Crippen molar-refractivity contribution >= 4 is 11.8 Å². The first-order chi connectivity index (χ1) is 11.1. The maximum Gasteiger partial charge on any atom is 0.250 e. The molecule has 2 amide bonds. The van der Waals surface area contributed by atoms with Crippen molar-refractivity contribution in [1.82, 2.24) is 19.4 Å². The first-order valence-corrected chi connectivity index (χ1v) is 7.79. The number of carbonyl (C=O) groups is 2. The largest absolute Gasteiger partial charge is 0.366 e. The lowest BCUT2D eigenvalue weighted by molar-refractivity contribution is -0.133. The van der Waals surface area contributed by atoms with Crippen molar-refractivity contribution in [3.63, 3.8) is 0 Å². The van der Waals surface area contributed by atoms with E-state index in [0.29, 0.717) is 18.7 Å². The van der Waals surface area contributed by atoms with Gasteiger partial charge in [-0.05, 0) is 25.8 Å². The Labute approximate surface area is 134 Å². The van der Waals surface area contributed by atoms with E-state index in [1.807, 2.05) is 22.6 Å². The number of nitrogens with two attached hydrogens (primary N) is 1. The normalized spacial score (nSPS) is 18.1. The lowest BCUT2D eigenvalue weighted by atomic mass is 9.92. The summed E-state index contributed by atoms with van der Waals surface area (Å²) in [7, 11) is 0. The van der Waals surface area contributed by atoms with Gasteiger partial charge < -0.3 is 20.2 Å². The molecule has 0 radical (unpaired) electrons. The van der Waals surface area contributed by atoms with E-state index in [1.54, 1.807) is 18.5 Å².